The van der Waals surface area contributed by atoms with Crippen LogP contribution >= 0.6 is 11.3 Å². The van der Waals surface area contributed by atoms with Gasteiger partial charge in [-0.2, -0.15) is 0 Å². The predicted octanol–water partition coefficient (Wildman–Crippen LogP) is 2.41. The van der Waals surface area contributed by atoms with Crippen LogP contribution in [0.5, 0.6) is 0 Å². The quantitative estimate of drug-likeness (QED) is 0.921. The second kappa shape index (κ2) is 5.63. The van der Waals surface area contributed by atoms with Gasteiger partial charge in [0.05, 0.1) is 6.54 Å². The molecule has 0 saturated heterocycles. The van der Waals surface area contributed by atoms with Gasteiger partial charge in [-0.3, -0.25) is 4.79 Å². The molecule has 1 aromatic rings. The highest BCUT2D eigenvalue weighted by Crippen LogP contribution is 2.25. The van der Waals surface area contributed by atoms with Crippen LogP contribution in [-0.4, -0.2) is 29.9 Å². The molecule has 1 fully saturated rings. The zero-order valence-electron chi connectivity index (χ0n) is 11.5. The van der Waals surface area contributed by atoms with E-state index in [9.17, 15) is 4.79 Å². The molecule has 3 nitrogen and oxygen atoms in total. The lowest BCUT2D eigenvalue weighted by Crippen LogP contribution is -2.44. The maximum Gasteiger partial charge on any atom is 0.236 e. The summed E-state index contributed by atoms with van der Waals surface area (Å²) in [5.74, 6) is 0.980. The minimum Gasteiger partial charge on any atom is -0.337 e. The van der Waals surface area contributed by atoms with Crippen LogP contribution in [0.4, 0.5) is 0 Å². The van der Waals surface area contributed by atoms with E-state index in [1.165, 1.54) is 29.7 Å². The Balaban J connectivity index is 1.51. The number of carbonyl (C=O) groups is 1. The fraction of sp³-hybridized carbons (Fsp3) is 0.667. The molecule has 2 heterocycles. The smallest absolute Gasteiger partial charge is 0.236 e. The number of rotatable bonds is 3. The Morgan fingerprint density at radius 1 is 1.53 bits per heavy atom. The van der Waals surface area contributed by atoms with Crippen molar-refractivity contribution in [3.05, 3.63) is 21.9 Å². The topological polar surface area (TPSA) is 32.3 Å². The zero-order valence-corrected chi connectivity index (χ0v) is 12.3. The summed E-state index contributed by atoms with van der Waals surface area (Å²) in [4.78, 5) is 15.7. The molecule has 1 aliphatic heterocycles. The summed E-state index contributed by atoms with van der Waals surface area (Å²) >= 11 is 1.82. The van der Waals surface area contributed by atoms with Crippen molar-refractivity contribution in [1.29, 1.82) is 0 Å². The highest BCUT2D eigenvalue weighted by Gasteiger charge is 2.25. The number of thiophene rings is 1. The van der Waals surface area contributed by atoms with Crippen molar-refractivity contribution in [2.45, 2.75) is 45.2 Å². The van der Waals surface area contributed by atoms with E-state index < -0.39 is 0 Å². The van der Waals surface area contributed by atoms with E-state index in [-0.39, 0.29) is 5.91 Å². The lowest BCUT2D eigenvalue weighted by molar-refractivity contribution is -0.131. The third-order valence-corrected chi connectivity index (χ3v) is 5.56. The number of hydrogen-bond donors (Lipinski definition) is 1. The first kappa shape index (κ1) is 13.1. The van der Waals surface area contributed by atoms with E-state index >= 15 is 0 Å². The molecule has 1 aromatic heterocycles. The molecule has 3 rings (SSSR count). The van der Waals surface area contributed by atoms with Crippen molar-refractivity contribution in [1.82, 2.24) is 10.2 Å². The van der Waals surface area contributed by atoms with Gasteiger partial charge in [0.1, 0.15) is 0 Å². The fourth-order valence-electron chi connectivity index (χ4n) is 3.24. The largest absolute Gasteiger partial charge is 0.337 e. The molecule has 2 atom stereocenters. The number of nitrogens with zero attached hydrogens (tertiary/aromatic N) is 1. The minimum absolute atomic E-state index is 0.260. The van der Waals surface area contributed by atoms with Crippen molar-refractivity contribution in [2.24, 2.45) is 5.92 Å². The first-order valence-electron chi connectivity index (χ1n) is 7.30. The van der Waals surface area contributed by atoms with E-state index in [1.807, 2.05) is 16.2 Å². The Morgan fingerprint density at radius 2 is 2.42 bits per heavy atom. The van der Waals surface area contributed by atoms with Crippen LogP contribution in [0.1, 0.15) is 36.6 Å². The first-order valence-corrected chi connectivity index (χ1v) is 8.18. The summed E-state index contributed by atoms with van der Waals surface area (Å²) in [5.41, 5.74) is 1.35. The van der Waals surface area contributed by atoms with Crippen molar-refractivity contribution in [3.8, 4) is 0 Å². The first-order chi connectivity index (χ1) is 9.24. The lowest BCUT2D eigenvalue weighted by atomic mass is 10.1. The van der Waals surface area contributed by atoms with Crippen LogP contribution in [0.3, 0.4) is 0 Å². The van der Waals surface area contributed by atoms with Crippen molar-refractivity contribution < 1.29 is 4.79 Å². The highest BCUT2D eigenvalue weighted by molar-refractivity contribution is 7.10. The Kier molecular flexibility index (Phi) is 3.89. The van der Waals surface area contributed by atoms with Gasteiger partial charge in [0.25, 0.3) is 0 Å². The third-order valence-electron chi connectivity index (χ3n) is 4.54. The molecule has 2 unspecified atom stereocenters. The highest BCUT2D eigenvalue weighted by atomic mass is 32.1. The van der Waals surface area contributed by atoms with E-state index in [0.29, 0.717) is 12.6 Å². The van der Waals surface area contributed by atoms with Gasteiger partial charge in [-0.05, 0) is 42.2 Å². The van der Waals surface area contributed by atoms with Crippen LogP contribution in [-0.2, 0) is 17.8 Å². The summed E-state index contributed by atoms with van der Waals surface area (Å²) < 4.78 is 0. The molecule has 19 heavy (non-hydrogen) atoms. The van der Waals surface area contributed by atoms with Gasteiger partial charge < -0.3 is 10.2 Å². The van der Waals surface area contributed by atoms with Gasteiger partial charge in [0.15, 0.2) is 0 Å². The van der Waals surface area contributed by atoms with Crippen molar-refractivity contribution >= 4 is 17.2 Å². The van der Waals surface area contributed by atoms with Crippen LogP contribution in [0.2, 0.25) is 0 Å². The Bertz CT molecular complexity index is 457. The summed E-state index contributed by atoms with van der Waals surface area (Å²) in [6.45, 7) is 4.48. The molecular weight excluding hydrogens is 256 g/mol. The van der Waals surface area contributed by atoms with E-state index in [2.05, 4.69) is 23.7 Å². The molecule has 0 radical (unpaired) electrons. The molecule has 1 aliphatic carbocycles. The molecule has 0 bridgehead atoms. The molecule has 1 saturated carbocycles. The molecule has 0 aromatic carbocycles. The summed E-state index contributed by atoms with van der Waals surface area (Å²) in [7, 11) is 0. The molecule has 104 valence electrons. The van der Waals surface area contributed by atoms with Crippen LogP contribution in [0, 0.1) is 5.92 Å². The average Bonchev–Trinajstić information content (AvgIpc) is 3.03. The standard InChI is InChI=1S/C15H22N2OS/c1-11-3-2-4-13(11)16-9-15(18)17-7-5-14-12(10-17)6-8-19-14/h6,8,11,13,16H,2-5,7,9-10H2,1H3. The molecule has 1 N–H and O–H groups in total. The average molecular weight is 278 g/mol. The normalized spacial score (nSPS) is 26.5. The number of fused-ring (bicyclic) bond motifs is 1. The number of amides is 1. The predicted molar refractivity (Wildman–Crippen MR) is 78.2 cm³/mol. The third kappa shape index (κ3) is 2.84. The van der Waals surface area contributed by atoms with Gasteiger partial charge in [-0.15, -0.1) is 11.3 Å². The maximum atomic E-state index is 12.3. The second-order valence-electron chi connectivity index (χ2n) is 5.83. The van der Waals surface area contributed by atoms with E-state index in [0.717, 1.165) is 25.4 Å². The molecule has 1 amide bonds. The maximum absolute atomic E-state index is 12.3. The molecular formula is C15H22N2OS. The van der Waals surface area contributed by atoms with Crippen LogP contribution in [0.25, 0.3) is 0 Å². The summed E-state index contributed by atoms with van der Waals surface area (Å²) in [6, 6.07) is 2.71. The minimum atomic E-state index is 0.260. The molecule has 2 aliphatic rings. The Morgan fingerprint density at radius 3 is 3.21 bits per heavy atom. The summed E-state index contributed by atoms with van der Waals surface area (Å²) in [5, 5.41) is 5.59. The van der Waals surface area contributed by atoms with Crippen LogP contribution < -0.4 is 5.32 Å². The number of carbonyl (C=O) groups excluding carboxylic acids is 1. The Labute approximate surface area is 119 Å². The van der Waals surface area contributed by atoms with Gasteiger partial charge >= 0.3 is 0 Å². The number of nitrogens with one attached hydrogen (secondary N) is 1. The van der Waals surface area contributed by atoms with Crippen LogP contribution in [0.15, 0.2) is 11.4 Å². The van der Waals surface area contributed by atoms with Crippen molar-refractivity contribution in [3.63, 3.8) is 0 Å². The van der Waals surface area contributed by atoms with Gasteiger partial charge in [-0.1, -0.05) is 13.3 Å². The summed E-state index contributed by atoms with van der Waals surface area (Å²) in [6.07, 6.45) is 4.85. The second-order valence-corrected chi connectivity index (χ2v) is 6.83. The van der Waals surface area contributed by atoms with Gasteiger partial charge in [0, 0.05) is 24.0 Å². The molecule has 0 spiro atoms. The zero-order chi connectivity index (χ0) is 13.2. The van der Waals surface area contributed by atoms with E-state index in [1.54, 1.807) is 0 Å². The fourth-order valence-corrected chi connectivity index (χ4v) is 4.13. The SMILES string of the molecule is CC1CCCC1NCC(=O)N1CCc2sccc2C1. The Hall–Kier alpha value is -0.870. The van der Waals surface area contributed by atoms with E-state index in [4.69, 9.17) is 0 Å². The molecule has 4 heteroatoms. The number of hydrogen-bond acceptors (Lipinski definition) is 3. The van der Waals surface area contributed by atoms with Gasteiger partial charge in [0.2, 0.25) is 5.91 Å². The lowest BCUT2D eigenvalue weighted by Gasteiger charge is -2.28. The van der Waals surface area contributed by atoms with Crippen molar-refractivity contribution in [2.75, 3.05) is 13.1 Å². The van der Waals surface area contributed by atoms with Gasteiger partial charge in [-0.25, -0.2) is 0 Å². The monoisotopic (exact) mass is 278 g/mol.